The Hall–Kier alpha value is -2.42. The number of hydrogen-bond acceptors (Lipinski definition) is 5. The maximum atomic E-state index is 13.0. The van der Waals surface area contributed by atoms with E-state index in [0.29, 0.717) is 39.2 Å². The molecule has 160 valence electrons. The van der Waals surface area contributed by atoms with Crippen LogP contribution in [0.15, 0.2) is 59.5 Å². The SMILES string of the molecule is CCOC(=O)N1CCN(C2c3ccccc3CC2NS(=O)(=O)c2ccccc2)CC1. The van der Waals surface area contributed by atoms with E-state index in [0.717, 1.165) is 11.1 Å². The maximum Gasteiger partial charge on any atom is 0.409 e. The zero-order chi connectivity index (χ0) is 21.1. The summed E-state index contributed by atoms with van der Waals surface area (Å²) in [7, 11) is -3.63. The Labute approximate surface area is 177 Å². The third-order valence-electron chi connectivity index (χ3n) is 5.79. The molecule has 0 aromatic heterocycles. The van der Waals surface area contributed by atoms with Crippen molar-refractivity contribution in [3.63, 3.8) is 0 Å². The smallest absolute Gasteiger partial charge is 0.409 e. The van der Waals surface area contributed by atoms with Crippen molar-refractivity contribution in [3.05, 3.63) is 65.7 Å². The van der Waals surface area contributed by atoms with Crippen LogP contribution < -0.4 is 4.72 Å². The molecule has 2 aliphatic rings. The molecule has 0 radical (unpaired) electrons. The molecule has 4 rings (SSSR count). The molecule has 1 fully saturated rings. The van der Waals surface area contributed by atoms with Gasteiger partial charge < -0.3 is 9.64 Å². The van der Waals surface area contributed by atoms with E-state index in [4.69, 9.17) is 4.74 Å². The molecule has 2 aromatic rings. The number of benzene rings is 2. The Morgan fingerprint density at radius 1 is 1.03 bits per heavy atom. The minimum atomic E-state index is -3.63. The van der Waals surface area contributed by atoms with Gasteiger partial charge in [-0.15, -0.1) is 0 Å². The number of ether oxygens (including phenoxy) is 1. The Morgan fingerprint density at radius 2 is 1.70 bits per heavy atom. The molecule has 1 heterocycles. The molecule has 0 bridgehead atoms. The number of carbonyl (C=O) groups is 1. The normalized spacial score (nSPS) is 22.0. The molecule has 7 nitrogen and oxygen atoms in total. The lowest BCUT2D eigenvalue weighted by atomic mass is 10.0. The summed E-state index contributed by atoms with van der Waals surface area (Å²) in [5.74, 6) is 0. The van der Waals surface area contributed by atoms with Gasteiger partial charge in [0.15, 0.2) is 0 Å². The van der Waals surface area contributed by atoms with Crippen molar-refractivity contribution in [2.45, 2.75) is 30.3 Å². The second-order valence-corrected chi connectivity index (χ2v) is 9.32. The van der Waals surface area contributed by atoms with Gasteiger partial charge in [0.25, 0.3) is 0 Å². The number of rotatable bonds is 5. The lowest BCUT2D eigenvalue weighted by molar-refractivity contribution is 0.0619. The monoisotopic (exact) mass is 429 g/mol. The third-order valence-corrected chi connectivity index (χ3v) is 7.29. The number of sulfonamides is 1. The summed E-state index contributed by atoms with van der Waals surface area (Å²) < 4.78 is 34.0. The van der Waals surface area contributed by atoms with Crippen LogP contribution in [-0.2, 0) is 21.2 Å². The van der Waals surface area contributed by atoms with Crippen molar-refractivity contribution in [1.29, 1.82) is 0 Å². The van der Waals surface area contributed by atoms with Crippen molar-refractivity contribution < 1.29 is 17.9 Å². The molecule has 1 saturated heterocycles. The van der Waals surface area contributed by atoms with Gasteiger partial charge in [-0.05, 0) is 36.6 Å². The molecule has 2 unspecified atom stereocenters. The number of amides is 1. The first-order chi connectivity index (χ1) is 14.5. The van der Waals surface area contributed by atoms with Gasteiger partial charge in [-0.25, -0.2) is 17.9 Å². The summed E-state index contributed by atoms with van der Waals surface area (Å²) >= 11 is 0. The number of carbonyl (C=O) groups excluding carboxylic acids is 1. The zero-order valence-electron chi connectivity index (χ0n) is 17.0. The molecule has 1 aliphatic heterocycles. The van der Waals surface area contributed by atoms with Gasteiger partial charge in [0.2, 0.25) is 10.0 Å². The van der Waals surface area contributed by atoms with Crippen molar-refractivity contribution in [2.24, 2.45) is 0 Å². The van der Waals surface area contributed by atoms with Crippen LogP contribution in [0.4, 0.5) is 4.79 Å². The van der Waals surface area contributed by atoms with Crippen LogP contribution in [-0.4, -0.2) is 63.1 Å². The zero-order valence-corrected chi connectivity index (χ0v) is 17.8. The first-order valence-corrected chi connectivity index (χ1v) is 11.8. The van der Waals surface area contributed by atoms with Gasteiger partial charge in [0.05, 0.1) is 17.5 Å². The van der Waals surface area contributed by atoms with Crippen molar-refractivity contribution >= 4 is 16.1 Å². The summed E-state index contributed by atoms with van der Waals surface area (Å²) in [5.41, 5.74) is 2.32. The van der Waals surface area contributed by atoms with E-state index < -0.39 is 10.0 Å². The largest absolute Gasteiger partial charge is 0.450 e. The summed E-state index contributed by atoms with van der Waals surface area (Å²) in [5, 5.41) is 0. The standard InChI is InChI=1S/C22H27N3O4S/c1-2-29-22(26)25-14-12-24(13-15-25)21-19-11-7-6-8-17(19)16-20(21)23-30(27,28)18-9-4-3-5-10-18/h3-11,20-21,23H,2,12-16H2,1H3. The fourth-order valence-electron chi connectivity index (χ4n) is 4.40. The third kappa shape index (κ3) is 4.21. The Kier molecular flexibility index (Phi) is 6.08. The predicted molar refractivity (Wildman–Crippen MR) is 114 cm³/mol. The van der Waals surface area contributed by atoms with Gasteiger partial charge in [-0.2, -0.15) is 0 Å². The number of nitrogens with one attached hydrogen (secondary N) is 1. The minimum Gasteiger partial charge on any atom is -0.450 e. The molecule has 0 spiro atoms. The van der Waals surface area contributed by atoms with E-state index in [2.05, 4.69) is 21.8 Å². The fourth-order valence-corrected chi connectivity index (χ4v) is 5.66. The summed E-state index contributed by atoms with van der Waals surface area (Å²) in [6.45, 7) is 4.62. The van der Waals surface area contributed by atoms with Gasteiger partial charge in [-0.1, -0.05) is 42.5 Å². The second-order valence-electron chi connectivity index (χ2n) is 7.61. The van der Waals surface area contributed by atoms with E-state index in [1.165, 1.54) is 0 Å². The molecule has 8 heteroatoms. The molecule has 2 atom stereocenters. The molecule has 1 amide bonds. The number of nitrogens with zero attached hydrogens (tertiary/aromatic N) is 2. The van der Waals surface area contributed by atoms with Crippen LogP contribution in [0.3, 0.4) is 0 Å². The molecule has 1 N–H and O–H groups in total. The van der Waals surface area contributed by atoms with Crippen LogP contribution in [0.25, 0.3) is 0 Å². The van der Waals surface area contributed by atoms with Crippen LogP contribution in [0, 0.1) is 0 Å². The molecule has 0 saturated carbocycles. The first kappa shape index (κ1) is 20.8. The molecule has 2 aromatic carbocycles. The van der Waals surface area contributed by atoms with Gasteiger partial charge >= 0.3 is 6.09 Å². The van der Waals surface area contributed by atoms with Crippen molar-refractivity contribution in [3.8, 4) is 0 Å². The lowest BCUT2D eigenvalue weighted by Gasteiger charge is -2.40. The molecular formula is C22H27N3O4S. The highest BCUT2D eigenvalue weighted by Gasteiger charge is 2.40. The second kappa shape index (κ2) is 8.75. The van der Waals surface area contributed by atoms with Gasteiger partial charge in [0.1, 0.15) is 0 Å². The fraction of sp³-hybridized carbons (Fsp3) is 0.409. The van der Waals surface area contributed by atoms with Crippen molar-refractivity contribution in [2.75, 3.05) is 32.8 Å². The van der Waals surface area contributed by atoms with Gasteiger partial charge in [0, 0.05) is 32.2 Å². The van der Waals surface area contributed by atoms with Crippen LogP contribution >= 0.6 is 0 Å². The van der Waals surface area contributed by atoms with Gasteiger partial charge in [-0.3, -0.25) is 4.90 Å². The van der Waals surface area contributed by atoms with Crippen LogP contribution in [0.5, 0.6) is 0 Å². The summed E-state index contributed by atoms with van der Waals surface area (Å²) in [4.78, 5) is 16.3. The Morgan fingerprint density at radius 3 is 2.40 bits per heavy atom. The quantitative estimate of drug-likeness (QED) is 0.790. The maximum absolute atomic E-state index is 13.0. The summed E-state index contributed by atoms with van der Waals surface area (Å²) in [6, 6.07) is 16.3. The first-order valence-electron chi connectivity index (χ1n) is 10.3. The molecular weight excluding hydrogens is 402 g/mol. The highest BCUT2D eigenvalue weighted by molar-refractivity contribution is 7.89. The van der Waals surface area contributed by atoms with E-state index in [9.17, 15) is 13.2 Å². The lowest BCUT2D eigenvalue weighted by Crippen LogP contribution is -2.53. The highest BCUT2D eigenvalue weighted by atomic mass is 32.2. The number of fused-ring (bicyclic) bond motifs is 1. The van der Waals surface area contributed by atoms with E-state index >= 15 is 0 Å². The topological polar surface area (TPSA) is 79.0 Å². The van der Waals surface area contributed by atoms with Crippen molar-refractivity contribution in [1.82, 2.24) is 14.5 Å². The average molecular weight is 430 g/mol. The van der Waals surface area contributed by atoms with E-state index in [1.54, 1.807) is 42.2 Å². The molecule has 30 heavy (non-hydrogen) atoms. The number of piperazine rings is 1. The number of hydrogen-bond donors (Lipinski definition) is 1. The Balaban J connectivity index is 1.54. The predicted octanol–water partition coefficient (Wildman–Crippen LogP) is 2.41. The highest BCUT2D eigenvalue weighted by Crippen LogP contribution is 2.37. The Bertz CT molecular complexity index is 988. The molecule has 1 aliphatic carbocycles. The van der Waals surface area contributed by atoms with E-state index in [-0.39, 0.29) is 23.1 Å². The summed E-state index contributed by atoms with van der Waals surface area (Å²) in [6.07, 6.45) is 0.357. The minimum absolute atomic E-state index is 0.0657. The van der Waals surface area contributed by atoms with E-state index in [1.807, 2.05) is 12.1 Å². The average Bonchev–Trinajstić information content (AvgIpc) is 3.11. The van der Waals surface area contributed by atoms with Crippen LogP contribution in [0.2, 0.25) is 0 Å². The van der Waals surface area contributed by atoms with Crippen LogP contribution in [0.1, 0.15) is 24.1 Å².